The Kier molecular flexibility index (Phi) is 2.69. The topological polar surface area (TPSA) is 0 Å². The predicted molar refractivity (Wildman–Crippen MR) is 115 cm³/mol. The Balaban J connectivity index is 2.13. The smallest absolute Gasteiger partial charge is 0.00111 e. The maximum atomic E-state index is 2.32. The third kappa shape index (κ3) is 1.60. The van der Waals surface area contributed by atoms with Crippen LogP contribution in [0.15, 0.2) is 78.9 Å². The summed E-state index contributed by atoms with van der Waals surface area (Å²) in [6, 6.07) is 29.1. The van der Waals surface area contributed by atoms with Crippen molar-refractivity contribution in [2.75, 3.05) is 0 Å². The highest BCUT2D eigenvalue weighted by molar-refractivity contribution is 6.38. The van der Waals surface area contributed by atoms with Crippen LogP contribution in [-0.2, 0) is 6.42 Å². The van der Waals surface area contributed by atoms with Crippen molar-refractivity contribution in [1.82, 2.24) is 0 Å². The first-order valence-corrected chi connectivity index (χ1v) is 9.37. The third-order valence-corrected chi connectivity index (χ3v) is 5.98. The summed E-state index contributed by atoms with van der Waals surface area (Å²) < 4.78 is 0. The lowest BCUT2D eigenvalue weighted by atomic mass is 9.84. The number of hydrogen-bond donors (Lipinski definition) is 0. The zero-order valence-corrected chi connectivity index (χ0v) is 14.7. The van der Waals surface area contributed by atoms with E-state index in [4.69, 9.17) is 0 Å². The van der Waals surface area contributed by atoms with Gasteiger partial charge in [0.25, 0.3) is 0 Å². The molecule has 122 valence electrons. The molecule has 0 atom stereocenters. The fourth-order valence-electron chi connectivity index (χ4n) is 4.95. The van der Waals surface area contributed by atoms with Gasteiger partial charge in [0.05, 0.1) is 0 Å². The van der Waals surface area contributed by atoms with Gasteiger partial charge < -0.3 is 0 Å². The second kappa shape index (κ2) is 4.95. The zero-order valence-electron chi connectivity index (χ0n) is 14.7. The van der Waals surface area contributed by atoms with Crippen molar-refractivity contribution in [2.45, 2.75) is 13.3 Å². The van der Waals surface area contributed by atoms with Crippen LogP contribution < -0.4 is 0 Å². The maximum Gasteiger partial charge on any atom is -0.00111 e. The van der Waals surface area contributed by atoms with E-state index in [9.17, 15) is 0 Å². The van der Waals surface area contributed by atoms with Gasteiger partial charge in [0, 0.05) is 0 Å². The van der Waals surface area contributed by atoms with Gasteiger partial charge in [-0.1, -0.05) is 85.8 Å². The van der Waals surface area contributed by atoms with Gasteiger partial charge in [-0.15, -0.1) is 0 Å². The molecule has 0 N–H and O–H groups in total. The standard InChI is InChI=1S/C26H18/c1-2-17-18-9-3-4-10-19(18)23-15-14-16-8-7-13-21-20-11-5-6-12-22(20)25(17)26(23)24(16)21/h3-15H,2H2,1H3. The van der Waals surface area contributed by atoms with Crippen molar-refractivity contribution in [2.24, 2.45) is 0 Å². The lowest BCUT2D eigenvalue weighted by Crippen LogP contribution is -1.93. The molecule has 0 heteroatoms. The Morgan fingerprint density at radius 3 is 1.81 bits per heavy atom. The van der Waals surface area contributed by atoms with E-state index < -0.39 is 0 Å². The molecule has 0 heterocycles. The molecular weight excluding hydrogens is 312 g/mol. The van der Waals surface area contributed by atoms with E-state index in [2.05, 4.69) is 85.8 Å². The third-order valence-electron chi connectivity index (χ3n) is 5.98. The molecule has 0 aliphatic carbocycles. The highest BCUT2D eigenvalue weighted by Crippen LogP contribution is 2.45. The first-order chi connectivity index (χ1) is 12.9. The summed E-state index contributed by atoms with van der Waals surface area (Å²) >= 11 is 0. The van der Waals surface area contributed by atoms with Crippen molar-refractivity contribution in [3.8, 4) is 0 Å². The number of fused-ring (bicyclic) bond motifs is 5. The van der Waals surface area contributed by atoms with Crippen molar-refractivity contribution in [3.05, 3.63) is 84.4 Å². The molecule has 0 radical (unpaired) electrons. The van der Waals surface area contributed by atoms with E-state index in [0.717, 1.165) is 6.42 Å². The molecule has 6 rings (SSSR count). The van der Waals surface area contributed by atoms with Gasteiger partial charge in [-0.05, 0) is 65.8 Å². The van der Waals surface area contributed by atoms with Gasteiger partial charge in [0.1, 0.15) is 0 Å². The van der Waals surface area contributed by atoms with Gasteiger partial charge >= 0.3 is 0 Å². The van der Waals surface area contributed by atoms with Gasteiger partial charge in [-0.2, -0.15) is 0 Å². The molecular formula is C26H18. The van der Waals surface area contributed by atoms with Crippen molar-refractivity contribution >= 4 is 53.9 Å². The minimum absolute atomic E-state index is 1.04. The summed E-state index contributed by atoms with van der Waals surface area (Å²) in [4.78, 5) is 0. The SMILES string of the molecule is CCc1c2ccccc2c2ccc3cccc4c5ccccc5c1c2c34. The zero-order chi connectivity index (χ0) is 17.3. The summed E-state index contributed by atoms with van der Waals surface area (Å²) in [5, 5.41) is 13.9. The fraction of sp³-hybridized carbons (Fsp3) is 0.0769. The lowest BCUT2D eigenvalue weighted by Gasteiger charge is -2.19. The summed E-state index contributed by atoms with van der Waals surface area (Å²) in [6.45, 7) is 2.29. The number of hydrogen-bond acceptors (Lipinski definition) is 0. The summed E-state index contributed by atoms with van der Waals surface area (Å²) in [7, 11) is 0. The number of benzene rings is 6. The molecule has 0 aliphatic rings. The van der Waals surface area contributed by atoms with E-state index >= 15 is 0 Å². The maximum absolute atomic E-state index is 2.32. The van der Waals surface area contributed by atoms with Crippen LogP contribution in [-0.4, -0.2) is 0 Å². The van der Waals surface area contributed by atoms with Crippen LogP contribution in [0, 0.1) is 0 Å². The van der Waals surface area contributed by atoms with Crippen molar-refractivity contribution in [3.63, 3.8) is 0 Å². The van der Waals surface area contributed by atoms with Crippen LogP contribution in [0.5, 0.6) is 0 Å². The Hall–Kier alpha value is -3.12. The highest BCUT2D eigenvalue weighted by atomic mass is 14.2. The van der Waals surface area contributed by atoms with E-state index in [1.165, 1.54) is 59.4 Å². The molecule has 0 nitrogen and oxygen atoms in total. The fourth-order valence-corrected chi connectivity index (χ4v) is 4.95. The van der Waals surface area contributed by atoms with Gasteiger partial charge in [-0.25, -0.2) is 0 Å². The van der Waals surface area contributed by atoms with E-state index in [0.29, 0.717) is 0 Å². The summed E-state index contributed by atoms with van der Waals surface area (Å²) in [6.07, 6.45) is 1.04. The Morgan fingerprint density at radius 1 is 0.462 bits per heavy atom. The molecule has 0 aromatic heterocycles. The van der Waals surface area contributed by atoms with Crippen LogP contribution in [0.2, 0.25) is 0 Å². The molecule has 0 fully saturated rings. The van der Waals surface area contributed by atoms with Crippen LogP contribution >= 0.6 is 0 Å². The van der Waals surface area contributed by atoms with Crippen molar-refractivity contribution in [1.29, 1.82) is 0 Å². The van der Waals surface area contributed by atoms with E-state index in [1.54, 1.807) is 0 Å². The largest absolute Gasteiger partial charge is 0.0616 e. The highest BCUT2D eigenvalue weighted by Gasteiger charge is 2.18. The van der Waals surface area contributed by atoms with E-state index in [1.807, 2.05) is 0 Å². The molecule has 0 spiro atoms. The molecule has 26 heavy (non-hydrogen) atoms. The van der Waals surface area contributed by atoms with Gasteiger partial charge in [-0.3, -0.25) is 0 Å². The molecule has 0 saturated heterocycles. The van der Waals surface area contributed by atoms with Gasteiger partial charge in [0.2, 0.25) is 0 Å². The average Bonchev–Trinajstić information content (AvgIpc) is 2.72. The molecule has 6 aromatic carbocycles. The monoisotopic (exact) mass is 330 g/mol. The minimum Gasteiger partial charge on any atom is -0.0616 e. The number of aryl methyl sites for hydroxylation is 1. The molecule has 0 unspecified atom stereocenters. The first kappa shape index (κ1) is 14.1. The molecule has 0 bridgehead atoms. The summed E-state index contributed by atoms with van der Waals surface area (Å²) in [5.41, 5.74) is 1.47. The Bertz CT molecular complexity index is 1450. The van der Waals surface area contributed by atoms with Crippen molar-refractivity contribution < 1.29 is 0 Å². The van der Waals surface area contributed by atoms with E-state index in [-0.39, 0.29) is 0 Å². The predicted octanol–water partition coefficient (Wildman–Crippen LogP) is 7.45. The van der Waals surface area contributed by atoms with Crippen LogP contribution in [0.25, 0.3) is 53.9 Å². The van der Waals surface area contributed by atoms with Crippen LogP contribution in [0.3, 0.4) is 0 Å². The van der Waals surface area contributed by atoms with Crippen LogP contribution in [0.4, 0.5) is 0 Å². The average molecular weight is 330 g/mol. The second-order valence-electron chi connectivity index (χ2n) is 7.19. The van der Waals surface area contributed by atoms with Gasteiger partial charge in [0.15, 0.2) is 0 Å². The first-order valence-electron chi connectivity index (χ1n) is 9.37. The van der Waals surface area contributed by atoms with Crippen LogP contribution in [0.1, 0.15) is 12.5 Å². The molecule has 0 saturated carbocycles. The minimum atomic E-state index is 1.04. The normalized spacial score (nSPS) is 12.2. The summed E-state index contributed by atoms with van der Waals surface area (Å²) in [5.74, 6) is 0. The Labute approximate surface area is 152 Å². The molecule has 0 aliphatic heterocycles. The number of rotatable bonds is 1. The quantitative estimate of drug-likeness (QED) is 0.217. The Morgan fingerprint density at radius 2 is 1.04 bits per heavy atom. The lowest BCUT2D eigenvalue weighted by molar-refractivity contribution is 1.18. The molecule has 0 amide bonds. The second-order valence-corrected chi connectivity index (χ2v) is 7.19. The molecule has 6 aromatic rings.